The SMILES string of the molecule is CCCS(=O)(=O)N1CCCC1C(=O)OCc1ccc(F)cc1Br. The smallest absolute Gasteiger partial charge is 0.324 e. The van der Waals surface area contributed by atoms with E-state index in [0.29, 0.717) is 35.8 Å². The lowest BCUT2D eigenvalue weighted by atomic mass is 10.2. The van der Waals surface area contributed by atoms with Gasteiger partial charge in [-0.2, -0.15) is 4.31 Å². The second-order valence-corrected chi connectivity index (χ2v) is 8.32. The molecule has 0 aromatic heterocycles. The van der Waals surface area contributed by atoms with Crippen LogP contribution in [0, 0.1) is 5.82 Å². The Labute approximate surface area is 144 Å². The van der Waals surface area contributed by atoms with Gasteiger partial charge in [0, 0.05) is 16.6 Å². The van der Waals surface area contributed by atoms with Crippen molar-refractivity contribution in [1.29, 1.82) is 0 Å². The largest absolute Gasteiger partial charge is 0.460 e. The fraction of sp³-hybridized carbons (Fsp3) is 0.533. The Hall–Kier alpha value is -0.990. The van der Waals surface area contributed by atoms with Gasteiger partial charge in [-0.1, -0.05) is 28.9 Å². The van der Waals surface area contributed by atoms with Gasteiger partial charge in [0.05, 0.1) is 5.75 Å². The first-order chi connectivity index (χ1) is 10.8. The molecule has 1 aromatic rings. The summed E-state index contributed by atoms with van der Waals surface area (Å²) < 4.78 is 44.4. The van der Waals surface area contributed by atoms with Crippen molar-refractivity contribution in [2.75, 3.05) is 12.3 Å². The molecule has 1 saturated heterocycles. The topological polar surface area (TPSA) is 63.7 Å². The lowest BCUT2D eigenvalue weighted by Gasteiger charge is -2.22. The number of ether oxygens (including phenoxy) is 1. The highest BCUT2D eigenvalue weighted by molar-refractivity contribution is 9.10. The summed E-state index contributed by atoms with van der Waals surface area (Å²) >= 11 is 3.21. The van der Waals surface area contributed by atoms with Crippen LogP contribution in [0.4, 0.5) is 4.39 Å². The van der Waals surface area contributed by atoms with Crippen LogP contribution in [0.1, 0.15) is 31.7 Å². The quantitative estimate of drug-likeness (QED) is 0.680. The number of halogens is 2. The molecule has 0 aliphatic carbocycles. The third kappa shape index (κ3) is 4.51. The monoisotopic (exact) mass is 407 g/mol. The van der Waals surface area contributed by atoms with Crippen molar-refractivity contribution >= 4 is 31.9 Å². The zero-order chi connectivity index (χ0) is 17.0. The molecule has 23 heavy (non-hydrogen) atoms. The fourth-order valence-corrected chi connectivity index (χ4v) is 4.77. The molecule has 1 heterocycles. The average molecular weight is 408 g/mol. The molecule has 0 amide bonds. The molecule has 1 aromatic carbocycles. The van der Waals surface area contributed by atoms with Gasteiger partial charge in [-0.3, -0.25) is 4.79 Å². The van der Waals surface area contributed by atoms with Gasteiger partial charge in [0.2, 0.25) is 10.0 Å². The minimum atomic E-state index is -3.43. The predicted octanol–water partition coefficient (Wildman–Crippen LogP) is 2.84. The van der Waals surface area contributed by atoms with E-state index < -0.39 is 22.0 Å². The maximum atomic E-state index is 13.0. The van der Waals surface area contributed by atoms with Crippen LogP contribution >= 0.6 is 15.9 Å². The van der Waals surface area contributed by atoms with Crippen LogP contribution in [0.3, 0.4) is 0 Å². The van der Waals surface area contributed by atoms with Gasteiger partial charge in [-0.15, -0.1) is 0 Å². The lowest BCUT2D eigenvalue weighted by molar-refractivity contribution is -0.148. The summed E-state index contributed by atoms with van der Waals surface area (Å²) in [5, 5.41) is 0. The number of hydrogen-bond acceptors (Lipinski definition) is 4. The average Bonchev–Trinajstić information content (AvgIpc) is 2.96. The van der Waals surface area contributed by atoms with Gasteiger partial charge < -0.3 is 4.74 Å². The Balaban J connectivity index is 2.02. The van der Waals surface area contributed by atoms with Crippen LogP contribution in [0.5, 0.6) is 0 Å². The maximum absolute atomic E-state index is 13.0. The number of benzene rings is 1. The Morgan fingerprint density at radius 1 is 1.48 bits per heavy atom. The molecule has 0 radical (unpaired) electrons. The van der Waals surface area contributed by atoms with Crippen LogP contribution in [0.15, 0.2) is 22.7 Å². The lowest BCUT2D eigenvalue weighted by Crippen LogP contribution is -2.42. The van der Waals surface area contributed by atoms with Crippen molar-refractivity contribution in [3.8, 4) is 0 Å². The number of sulfonamides is 1. The first-order valence-corrected chi connectivity index (χ1v) is 9.85. The first-order valence-electron chi connectivity index (χ1n) is 7.45. The number of hydrogen-bond donors (Lipinski definition) is 0. The molecule has 0 N–H and O–H groups in total. The number of rotatable bonds is 6. The normalized spacial score (nSPS) is 19.0. The summed E-state index contributed by atoms with van der Waals surface area (Å²) in [6.07, 6.45) is 1.61. The molecular formula is C15H19BrFNO4S. The Morgan fingerprint density at radius 2 is 2.22 bits per heavy atom. The highest BCUT2D eigenvalue weighted by atomic mass is 79.9. The summed E-state index contributed by atoms with van der Waals surface area (Å²) in [4.78, 5) is 12.2. The standard InChI is InChI=1S/C15H19BrFNO4S/c1-2-8-23(20,21)18-7-3-4-14(18)15(19)22-10-11-5-6-12(17)9-13(11)16/h5-6,9,14H,2-4,7-8,10H2,1H3. The van der Waals surface area contributed by atoms with Crippen LogP contribution in [0.2, 0.25) is 0 Å². The third-order valence-electron chi connectivity index (χ3n) is 3.68. The van der Waals surface area contributed by atoms with Gasteiger partial charge >= 0.3 is 5.97 Å². The molecule has 1 aliphatic heterocycles. The summed E-state index contributed by atoms with van der Waals surface area (Å²) in [5.41, 5.74) is 0.626. The fourth-order valence-electron chi connectivity index (χ4n) is 2.57. The zero-order valence-corrected chi connectivity index (χ0v) is 15.2. The van der Waals surface area contributed by atoms with Crippen molar-refractivity contribution in [3.63, 3.8) is 0 Å². The number of carbonyl (C=O) groups is 1. The van der Waals surface area contributed by atoms with E-state index in [2.05, 4.69) is 15.9 Å². The molecule has 0 saturated carbocycles. The molecule has 8 heteroatoms. The molecule has 0 spiro atoms. The summed E-state index contributed by atoms with van der Waals surface area (Å²) in [6, 6.07) is 3.33. The van der Waals surface area contributed by atoms with Gasteiger partial charge in [-0.05, 0) is 31.4 Å². The van der Waals surface area contributed by atoms with E-state index in [1.807, 2.05) is 0 Å². The van der Waals surface area contributed by atoms with Gasteiger partial charge in [0.25, 0.3) is 0 Å². The van der Waals surface area contributed by atoms with Crippen LogP contribution in [0.25, 0.3) is 0 Å². The van der Waals surface area contributed by atoms with Crippen LogP contribution in [-0.4, -0.2) is 37.0 Å². The van der Waals surface area contributed by atoms with Crippen LogP contribution in [-0.2, 0) is 26.2 Å². The van der Waals surface area contributed by atoms with E-state index in [4.69, 9.17) is 4.74 Å². The highest BCUT2D eigenvalue weighted by Gasteiger charge is 2.39. The summed E-state index contributed by atoms with van der Waals surface area (Å²) in [6.45, 7) is 2.10. The van der Waals surface area contributed by atoms with Gasteiger partial charge in [0.1, 0.15) is 18.5 Å². The van der Waals surface area contributed by atoms with E-state index >= 15 is 0 Å². The van der Waals surface area contributed by atoms with E-state index in [1.165, 1.54) is 22.5 Å². The number of carbonyl (C=O) groups excluding carboxylic acids is 1. The van der Waals surface area contributed by atoms with E-state index in [-0.39, 0.29) is 18.2 Å². The maximum Gasteiger partial charge on any atom is 0.324 e. The van der Waals surface area contributed by atoms with Crippen molar-refractivity contribution in [1.82, 2.24) is 4.31 Å². The van der Waals surface area contributed by atoms with Crippen molar-refractivity contribution in [3.05, 3.63) is 34.1 Å². The molecule has 128 valence electrons. The van der Waals surface area contributed by atoms with E-state index in [9.17, 15) is 17.6 Å². The van der Waals surface area contributed by atoms with Crippen molar-refractivity contribution in [2.45, 2.75) is 38.8 Å². The van der Waals surface area contributed by atoms with Crippen LogP contribution < -0.4 is 0 Å². The van der Waals surface area contributed by atoms with Gasteiger partial charge in [-0.25, -0.2) is 12.8 Å². The minimum absolute atomic E-state index is 0.0281. The number of esters is 1. The first kappa shape index (κ1) is 18.4. The molecular weight excluding hydrogens is 389 g/mol. The third-order valence-corrected chi connectivity index (χ3v) is 6.49. The Bertz CT molecular complexity index is 680. The Kier molecular flexibility index (Phi) is 6.16. The van der Waals surface area contributed by atoms with E-state index in [0.717, 1.165) is 0 Å². The summed E-state index contributed by atoms with van der Waals surface area (Å²) in [5.74, 6) is -0.918. The highest BCUT2D eigenvalue weighted by Crippen LogP contribution is 2.24. The predicted molar refractivity (Wildman–Crippen MR) is 87.7 cm³/mol. The van der Waals surface area contributed by atoms with E-state index in [1.54, 1.807) is 6.92 Å². The van der Waals surface area contributed by atoms with Crippen molar-refractivity contribution in [2.24, 2.45) is 0 Å². The molecule has 1 aliphatic rings. The Morgan fingerprint density at radius 3 is 2.87 bits per heavy atom. The minimum Gasteiger partial charge on any atom is -0.460 e. The molecule has 1 unspecified atom stereocenters. The summed E-state index contributed by atoms with van der Waals surface area (Å²) in [7, 11) is -3.43. The molecule has 1 atom stereocenters. The molecule has 0 bridgehead atoms. The molecule has 2 rings (SSSR count). The zero-order valence-electron chi connectivity index (χ0n) is 12.8. The van der Waals surface area contributed by atoms with Crippen molar-refractivity contribution < 1.29 is 22.3 Å². The second-order valence-electron chi connectivity index (χ2n) is 5.43. The molecule has 1 fully saturated rings. The second kappa shape index (κ2) is 7.72. The molecule has 5 nitrogen and oxygen atoms in total. The van der Waals surface area contributed by atoms with Gasteiger partial charge in [0.15, 0.2) is 0 Å². The number of nitrogens with zero attached hydrogens (tertiary/aromatic N) is 1.